The summed E-state index contributed by atoms with van der Waals surface area (Å²) in [5, 5.41) is 0. The van der Waals surface area contributed by atoms with Gasteiger partial charge in [-0.1, -0.05) is 42.5 Å². The van der Waals surface area contributed by atoms with Crippen LogP contribution in [0.5, 0.6) is 5.75 Å². The summed E-state index contributed by atoms with van der Waals surface area (Å²) in [5.74, 6) is 1.06. The number of rotatable bonds is 6. The zero-order chi connectivity index (χ0) is 16.1. The highest BCUT2D eigenvalue weighted by Crippen LogP contribution is 2.31. The Morgan fingerprint density at radius 3 is 2.70 bits per heavy atom. The van der Waals surface area contributed by atoms with Crippen molar-refractivity contribution in [2.45, 2.75) is 38.1 Å². The number of hydrogen-bond acceptors (Lipinski definition) is 2. The highest BCUT2D eigenvalue weighted by atomic mass is 16.5. The molecular weight excluding hydrogens is 282 g/mol. The normalized spacial score (nSPS) is 17.1. The number of benzene rings is 2. The molecule has 2 heteroatoms. The molecule has 0 N–H and O–H groups in total. The van der Waals surface area contributed by atoms with Gasteiger partial charge in [-0.25, -0.2) is 0 Å². The average molecular weight is 309 g/mol. The first-order chi connectivity index (χ1) is 11.3. The van der Waals surface area contributed by atoms with E-state index in [0.717, 1.165) is 25.1 Å². The standard InChI is InChI=1S/C21H27NO/c1-22(15-7-10-17-8-4-3-5-9-17)19-14-13-18-11-6-12-21(23-2)20(18)16-19/h3-6,8-9,11-12,19H,7,10,13-16H2,1-2H3. The predicted octanol–water partition coefficient (Wildman–Crippen LogP) is 4.12. The lowest BCUT2D eigenvalue weighted by atomic mass is 9.87. The van der Waals surface area contributed by atoms with E-state index < -0.39 is 0 Å². The lowest BCUT2D eigenvalue weighted by Gasteiger charge is -2.33. The van der Waals surface area contributed by atoms with E-state index in [9.17, 15) is 0 Å². The molecule has 0 radical (unpaired) electrons. The number of methoxy groups -OCH3 is 1. The van der Waals surface area contributed by atoms with Gasteiger partial charge in [0.1, 0.15) is 5.75 Å². The first-order valence-corrected chi connectivity index (χ1v) is 8.67. The Labute approximate surface area is 140 Å². The van der Waals surface area contributed by atoms with Crippen LogP contribution in [0.25, 0.3) is 0 Å². The Morgan fingerprint density at radius 2 is 1.91 bits per heavy atom. The summed E-state index contributed by atoms with van der Waals surface area (Å²) in [6, 6.07) is 17.9. The maximum atomic E-state index is 5.56. The Morgan fingerprint density at radius 1 is 1.09 bits per heavy atom. The highest BCUT2D eigenvalue weighted by Gasteiger charge is 2.24. The molecule has 0 amide bonds. The molecule has 0 heterocycles. The van der Waals surface area contributed by atoms with E-state index in [1.54, 1.807) is 7.11 Å². The third-order valence-electron chi connectivity index (χ3n) is 5.08. The maximum Gasteiger partial charge on any atom is 0.122 e. The molecule has 0 aliphatic heterocycles. The van der Waals surface area contributed by atoms with Crippen LogP contribution in [0, 0.1) is 0 Å². The summed E-state index contributed by atoms with van der Waals surface area (Å²) in [7, 11) is 4.05. The zero-order valence-corrected chi connectivity index (χ0v) is 14.3. The van der Waals surface area contributed by atoms with Crippen molar-refractivity contribution >= 4 is 0 Å². The molecule has 0 fully saturated rings. The zero-order valence-electron chi connectivity index (χ0n) is 14.3. The second-order valence-corrected chi connectivity index (χ2v) is 6.56. The van der Waals surface area contributed by atoms with E-state index in [1.807, 2.05) is 0 Å². The average Bonchev–Trinajstić information content (AvgIpc) is 2.61. The van der Waals surface area contributed by atoms with E-state index in [1.165, 1.54) is 36.0 Å². The van der Waals surface area contributed by atoms with Gasteiger partial charge in [-0.2, -0.15) is 0 Å². The van der Waals surface area contributed by atoms with E-state index in [4.69, 9.17) is 4.74 Å². The Balaban J connectivity index is 1.55. The van der Waals surface area contributed by atoms with Crippen LogP contribution in [0.15, 0.2) is 48.5 Å². The molecule has 0 saturated carbocycles. The van der Waals surface area contributed by atoms with Gasteiger partial charge >= 0.3 is 0 Å². The summed E-state index contributed by atoms with van der Waals surface area (Å²) < 4.78 is 5.56. The summed E-state index contributed by atoms with van der Waals surface area (Å²) in [6.45, 7) is 1.16. The molecule has 0 aromatic heterocycles. The van der Waals surface area contributed by atoms with Gasteiger partial charge in [0.2, 0.25) is 0 Å². The molecule has 3 rings (SSSR count). The van der Waals surface area contributed by atoms with Gasteiger partial charge in [0.05, 0.1) is 7.11 Å². The second kappa shape index (κ2) is 7.65. The third-order valence-corrected chi connectivity index (χ3v) is 5.08. The minimum atomic E-state index is 0.634. The monoisotopic (exact) mass is 309 g/mol. The van der Waals surface area contributed by atoms with Crippen LogP contribution in [-0.4, -0.2) is 31.6 Å². The largest absolute Gasteiger partial charge is 0.496 e. The molecule has 2 aromatic carbocycles. The summed E-state index contributed by atoms with van der Waals surface area (Å²) >= 11 is 0. The molecule has 2 aromatic rings. The predicted molar refractivity (Wildman–Crippen MR) is 96.2 cm³/mol. The van der Waals surface area contributed by atoms with Crippen molar-refractivity contribution in [3.05, 3.63) is 65.2 Å². The van der Waals surface area contributed by atoms with Crippen LogP contribution in [0.3, 0.4) is 0 Å². The van der Waals surface area contributed by atoms with Gasteiger partial charge in [0.15, 0.2) is 0 Å². The molecule has 1 unspecified atom stereocenters. The molecule has 0 saturated heterocycles. The Bertz CT molecular complexity index is 609. The smallest absolute Gasteiger partial charge is 0.122 e. The van der Waals surface area contributed by atoms with Gasteiger partial charge in [-0.3, -0.25) is 0 Å². The van der Waals surface area contributed by atoms with Crippen molar-refractivity contribution in [1.29, 1.82) is 0 Å². The third kappa shape index (κ3) is 3.94. The highest BCUT2D eigenvalue weighted by molar-refractivity contribution is 5.42. The van der Waals surface area contributed by atoms with Crippen LogP contribution in [0.4, 0.5) is 0 Å². The van der Waals surface area contributed by atoms with Crippen molar-refractivity contribution in [2.75, 3.05) is 20.7 Å². The van der Waals surface area contributed by atoms with Crippen LogP contribution in [-0.2, 0) is 19.3 Å². The summed E-state index contributed by atoms with van der Waals surface area (Å²) in [4.78, 5) is 2.54. The van der Waals surface area contributed by atoms with Gasteiger partial charge in [0, 0.05) is 6.04 Å². The minimum Gasteiger partial charge on any atom is -0.496 e. The van der Waals surface area contributed by atoms with Crippen LogP contribution >= 0.6 is 0 Å². The fraction of sp³-hybridized carbons (Fsp3) is 0.429. The molecular formula is C21H27NO. The lowest BCUT2D eigenvalue weighted by molar-refractivity contribution is 0.217. The lowest BCUT2D eigenvalue weighted by Crippen LogP contribution is -2.37. The fourth-order valence-corrected chi connectivity index (χ4v) is 3.66. The Hall–Kier alpha value is -1.80. The number of ether oxygens (including phenoxy) is 1. The van der Waals surface area contributed by atoms with E-state index in [-0.39, 0.29) is 0 Å². The quantitative estimate of drug-likeness (QED) is 0.796. The fourth-order valence-electron chi connectivity index (χ4n) is 3.66. The van der Waals surface area contributed by atoms with Crippen LogP contribution in [0.1, 0.15) is 29.5 Å². The van der Waals surface area contributed by atoms with Crippen molar-refractivity contribution in [2.24, 2.45) is 0 Å². The number of aryl methyl sites for hydroxylation is 2. The SMILES string of the molecule is COc1cccc2c1CC(N(C)CCCc1ccccc1)CC2. The van der Waals surface area contributed by atoms with Crippen molar-refractivity contribution in [3.8, 4) is 5.75 Å². The molecule has 1 aliphatic carbocycles. The topological polar surface area (TPSA) is 12.5 Å². The van der Waals surface area contributed by atoms with Crippen LogP contribution in [0.2, 0.25) is 0 Å². The minimum absolute atomic E-state index is 0.634. The van der Waals surface area contributed by atoms with Crippen LogP contribution < -0.4 is 4.74 Å². The number of nitrogens with zero attached hydrogens (tertiary/aromatic N) is 1. The van der Waals surface area contributed by atoms with Gasteiger partial charge in [-0.05, 0) is 68.5 Å². The molecule has 1 aliphatic rings. The first kappa shape index (κ1) is 16.1. The summed E-state index contributed by atoms with van der Waals surface area (Å²) in [5.41, 5.74) is 4.33. The molecule has 1 atom stereocenters. The number of fused-ring (bicyclic) bond motifs is 1. The molecule has 122 valence electrons. The number of likely N-dealkylation sites (N-methyl/N-ethyl adjacent to an activating group) is 1. The molecule has 0 spiro atoms. The van der Waals surface area contributed by atoms with Gasteiger partial charge in [0.25, 0.3) is 0 Å². The van der Waals surface area contributed by atoms with Gasteiger partial charge < -0.3 is 9.64 Å². The van der Waals surface area contributed by atoms with E-state index in [2.05, 4.69) is 60.5 Å². The van der Waals surface area contributed by atoms with E-state index >= 15 is 0 Å². The van der Waals surface area contributed by atoms with E-state index in [0.29, 0.717) is 6.04 Å². The van der Waals surface area contributed by atoms with Crippen molar-refractivity contribution in [3.63, 3.8) is 0 Å². The van der Waals surface area contributed by atoms with Crippen molar-refractivity contribution in [1.82, 2.24) is 4.90 Å². The first-order valence-electron chi connectivity index (χ1n) is 8.67. The molecule has 0 bridgehead atoms. The van der Waals surface area contributed by atoms with Crippen molar-refractivity contribution < 1.29 is 4.74 Å². The molecule has 23 heavy (non-hydrogen) atoms. The summed E-state index contributed by atoms with van der Waals surface area (Å²) in [6.07, 6.45) is 5.91. The Kier molecular flexibility index (Phi) is 5.35. The molecule has 2 nitrogen and oxygen atoms in total. The van der Waals surface area contributed by atoms with Gasteiger partial charge in [-0.15, -0.1) is 0 Å². The second-order valence-electron chi connectivity index (χ2n) is 6.56. The number of hydrogen-bond donors (Lipinski definition) is 0. The maximum absolute atomic E-state index is 5.56.